The van der Waals surface area contributed by atoms with Gasteiger partial charge >= 0.3 is 0 Å². The molecule has 0 aromatic heterocycles. The number of rotatable bonds is 10. The molecule has 0 radical (unpaired) electrons. The second-order valence-corrected chi connectivity index (χ2v) is 7.40. The van der Waals surface area contributed by atoms with Crippen molar-refractivity contribution in [1.29, 1.82) is 5.41 Å². The molecule has 1 saturated carbocycles. The summed E-state index contributed by atoms with van der Waals surface area (Å²) in [6.45, 7) is 0.549. The zero-order chi connectivity index (χ0) is 21.6. The van der Waals surface area contributed by atoms with Crippen LogP contribution in [0.5, 0.6) is 5.75 Å². The SMILES string of the molecule is COCC1(NC(C(=O)Nc2ccc(/C(C=N)=C/N)cc2)c2cccc(OC)c2)CC1. The van der Waals surface area contributed by atoms with Crippen molar-refractivity contribution in [3.8, 4) is 5.75 Å². The zero-order valence-electron chi connectivity index (χ0n) is 17.3. The number of ether oxygens (including phenoxy) is 2. The van der Waals surface area contributed by atoms with Crippen LogP contribution in [0.1, 0.15) is 30.0 Å². The monoisotopic (exact) mass is 408 g/mol. The van der Waals surface area contributed by atoms with Gasteiger partial charge in [0.2, 0.25) is 5.91 Å². The van der Waals surface area contributed by atoms with E-state index in [-0.39, 0.29) is 11.4 Å². The van der Waals surface area contributed by atoms with Crippen molar-refractivity contribution in [1.82, 2.24) is 5.32 Å². The van der Waals surface area contributed by atoms with Crippen LogP contribution < -0.4 is 21.1 Å². The van der Waals surface area contributed by atoms with E-state index in [2.05, 4.69) is 10.6 Å². The molecule has 1 amide bonds. The minimum Gasteiger partial charge on any atom is -0.497 e. The van der Waals surface area contributed by atoms with Crippen LogP contribution in [0.2, 0.25) is 0 Å². The molecule has 30 heavy (non-hydrogen) atoms. The zero-order valence-corrected chi connectivity index (χ0v) is 17.3. The van der Waals surface area contributed by atoms with Crippen LogP contribution in [0.3, 0.4) is 0 Å². The van der Waals surface area contributed by atoms with Gasteiger partial charge in [0.25, 0.3) is 0 Å². The molecule has 7 heteroatoms. The number of hydrogen-bond acceptors (Lipinski definition) is 6. The van der Waals surface area contributed by atoms with Gasteiger partial charge < -0.3 is 25.9 Å². The van der Waals surface area contributed by atoms with E-state index < -0.39 is 6.04 Å². The van der Waals surface area contributed by atoms with E-state index in [1.54, 1.807) is 26.4 Å². The van der Waals surface area contributed by atoms with Crippen molar-refractivity contribution in [3.05, 3.63) is 65.9 Å². The van der Waals surface area contributed by atoms with Crippen molar-refractivity contribution in [2.45, 2.75) is 24.4 Å². The topological polar surface area (TPSA) is 109 Å². The Morgan fingerprint density at radius 1 is 1.23 bits per heavy atom. The fraction of sp³-hybridized carbons (Fsp3) is 0.304. The number of methoxy groups -OCH3 is 2. The van der Waals surface area contributed by atoms with Gasteiger partial charge in [-0.05, 0) is 48.2 Å². The Hall–Kier alpha value is -3.16. The number of benzene rings is 2. The minimum atomic E-state index is -0.557. The smallest absolute Gasteiger partial charge is 0.246 e. The van der Waals surface area contributed by atoms with E-state index in [4.69, 9.17) is 20.6 Å². The number of allylic oxidation sites excluding steroid dienone is 1. The van der Waals surface area contributed by atoms with Gasteiger partial charge in [0.1, 0.15) is 11.8 Å². The first-order valence-corrected chi connectivity index (χ1v) is 9.78. The molecule has 3 rings (SSSR count). The van der Waals surface area contributed by atoms with Crippen LogP contribution in [-0.4, -0.2) is 38.5 Å². The van der Waals surface area contributed by atoms with Crippen molar-refractivity contribution in [3.63, 3.8) is 0 Å². The first-order chi connectivity index (χ1) is 14.5. The maximum absolute atomic E-state index is 13.2. The highest BCUT2D eigenvalue weighted by atomic mass is 16.5. The molecule has 7 nitrogen and oxygen atoms in total. The van der Waals surface area contributed by atoms with E-state index in [9.17, 15) is 4.79 Å². The second kappa shape index (κ2) is 9.56. The van der Waals surface area contributed by atoms with Gasteiger partial charge in [-0.25, -0.2) is 0 Å². The van der Waals surface area contributed by atoms with Gasteiger partial charge in [0.05, 0.1) is 13.7 Å². The molecule has 1 fully saturated rings. The molecular formula is C23H28N4O3. The normalized spacial score (nSPS) is 15.9. The Balaban J connectivity index is 1.82. The van der Waals surface area contributed by atoms with Crippen molar-refractivity contribution in [2.75, 3.05) is 26.1 Å². The largest absolute Gasteiger partial charge is 0.497 e. The van der Waals surface area contributed by atoms with Crippen LogP contribution in [0.25, 0.3) is 5.57 Å². The lowest BCUT2D eigenvalue weighted by atomic mass is 10.0. The average molecular weight is 409 g/mol. The van der Waals surface area contributed by atoms with E-state index in [1.807, 2.05) is 36.4 Å². The summed E-state index contributed by atoms with van der Waals surface area (Å²) in [4.78, 5) is 13.2. The molecule has 2 aromatic rings. The third kappa shape index (κ3) is 5.06. The van der Waals surface area contributed by atoms with Gasteiger partial charge in [-0.3, -0.25) is 10.1 Å². The molecule has 0 heterocycles. The molecule has 1 atom stereocenters. The lowest BCUT2D eigenvalue weighted by Crippen LogP contribution is -2.43. The number of hydrogen-bond donors (Lipinski definition) is 4. The fourth-order valence-corrected chi connectivity index (χ4v) is 3.37. The summed E-state index contributed by atoms with van der Waals surface area (Å²) in [5, 5.41) is 13.9. The van der Waals surface area contributed by atoms with Gasteiger partial charge in [0, 0.05) is 36.3 Å². The highest BCUT2D eigenvalue weighted by Crippen LogP contribution is 2.38. The van der Waals surface area contributed by atoms with Crippen molar-refractivity contribution >= 4 is 23.4 Å². The summed E-state index contributed by atoms with van der Waals surface area (Å²) >= 11 is 0. The summed E-state index contributed by atoms with van der Waals surface area (Å²) in [5.74, 6) is 0.529. The summed E-state index contributed by atoms with van der Waals surface area (Å²) < 4.78 is 10.7. The fourth-order valence-electron chi connectivity index (χ4n) is 3.37. The summed E-state index contributed by atoms with van der Waals surface area (Å²) in [6, 6.07) is 14.2. The van der Waals surface area contributed by atoms with Crippen LogP contribution in [0, 0.1) is 5.41 Å². The average Bonchev–Trinajstić information content (AvgIpc) is 3.53. The Kier molecular flexibility index (Phi) is 6.87. The predicted molar refractivity (Wildman–Crippen MR) is 119 cm³/mol. The molecular weight excluding hydrogens is 380 g/mol. The molecule has 0 saturated heterocycles. The highest BCUT2D eigenvalue weighted by Gasteiger charge is 2.45. The molecule has 1 aliphatic rings. The Morgan fingerprint density at radius 2 is 1.97 bits per heavy atom. The highest BCUT2D eigenvalue weighted by molar-refractivity contribution is 6.08. The van der Waals surface area contributed by atoms with Gasteiger partial charge in [0.15, 0.2) is 0 Å². The molecule has 0 aliphatic heterocycles. The number of anilines is 1. The van der Waals surface area contributed by atoms with E-state index in [1.165, 1.54) is 12.4 Å². The quantitative estimate of drug-likeness (QED) is 0.452. The maximum Gasteiger partial charge on any atom is 0.246 e. The van der Waals surface area contributed by atoms with E-state index in [0.29, 0.717) is 23.6 Å². The molecule has 1 aliphatic carbocycles. The number of carbonyl (C=O) groups excluding carboxylic acids is 1. The Morgan fingerprint density at radius 3 is 2.53 bits per heavy atom. The van der Waals surface area contributed by atoms with Crippen molar-refractivity contribution in [2.24, 2.45) is 5.73 Å². The molecule has 5 N–H and O–H groups in total. The first-order valence-electron chi connectivity index (χ1n) is 9.78. The molecule has 2 aromatic carbocycles. The summed E-state index contributed by atoms with van der Waals surface area (Å²) in [5.41, 5.74) is 8.26. The van der Waals surface area contributed by atoms with Crippen LogP contribution in [-0.2, 0) is 9.53 Å². The third-order valence-electron chi connectivity index (χ3n) is 5.23. The standard InChI is InChI=1S/C23H28N4O3/c1-29-15-23(10-11-23)27-21(17-4-3-5-20(12-17)30-2)22(28)26-19-8-6-16(7-9-19)18(13-24)14-25/h3-9,12-14,21,24,27H,10-11,15,25H2,1-2H3,(H,26,28)/b18-14+,24-13?. The van der Waals surface area contributed by atoms with Crippen molar-refractivity contribution < 1.29 is 14.3 Å². The number of nitrogens with one attached hydrogen (secondary N) is 3. The van der Waals surface area contributed by atoms with Crippen LogP contribution in [0.4, 0.5) is 5.69 Å². The van der Waals surface area contributed by atoms with Gasteiger partial charge in [-0.15, -0.1) is 0 Å². The van der Waals surface area contributed by atoms with Crippen LogP contribution in [0.15, 0.2) is 54.7 Å². The molecule has 0 spiro atoms. The Bertz CT molecular complexity index is 920. The van der Waals surface area contributed by atoms with Gasteiger partial charge in [-0.1, -0.05) is 24.3 Å². The minimum absolute atomic E-state index is 0.167. The molecule has 0 bridgehead atoms. The Labute approximate surface area is 176 Å². The first kappa shape index (κ1) is 21.5. The molecule has 158 valence electrons. The maximum atomic E-state index is 13.2. The van der Waals surface area contributed by atoms with E-state index >= 15 is 0 Å². The lowest BCUT2D eigenvalue weighted by Gasteiger charge is -2.25. The van der Waals surface area contributed by atoms with E-state index in [0.717, 1.165) is 24.0 Å². The number of nitrogens with two attached hydrogens (primary N) is 1. The molecule has 1 unspecified atom stereocenters. The third-order valence-corrected chi connectivity index (χ3v) is 5.23. The lowest BCUT2D eigenvalue weighted by molar-refractivity contribution is -0.118. The predicted octanol–water partition coefficient (Wildman–Crippen LogP) is 3.09. The van der Waals surface area contributed by atoms with Gasteiger partial charge in [-0.2, -0.15) is 0 Å². The number of amides is 1. The number of carbonyl (C=O) groups is 1. The summed E-state index contributed by atoms with van der Waals surface area (Å²) in [7, 11) is 3.27. The van der Waals surface area contributed by atoms with Crippen LogP contribution >= 0.6 is 0 Å². The summed E-state index contributed by atoms with van der Waals surface area (Å²) in [6.07, 6.45) is 4.50. The second-order valence-electron chi connectivity index (χ2n) is 7.40.